The third-order valence-corrected chi connectivity index (χ3v) is 2.91. The zero-order chi connectivity index (χ0) is 13.0. The molecule has 1 N–H and O–H groups in total. The molecule has 0 saturated heterocycles. The van der Waals surface area contributed by atoms with Crippen molar-refractivity contribution in [3.63, 3.8) is 0 Å². The normalized spacial score (nSPS) is 12.3. The van der Waals surface area contributed by atoms with E-state index in [0.717, 1.165) is 22.4 Å². The van der Waals surface area contributed by atoms with E-state index >= 15 is 0 Å². The number of carbonyl (C=O) groups excluding carboxylic acids is 1. The summed E-state index contributed by atoms with van der Waals surface area (Å²) in [5.74, 6) is 0.981. The number of nitrogens with one attached hydrogen (secondary N) is 1. The van der Waals surface area contributed by atoms with Crippen LogP contribution in [0.3, 0.4) is 0 Å². The molecule has 0 aromatic heterocycles. The number of carbonyl (C=O) groups is 1. The molecule has 0 amide bonds. The molecule has 94 valence electrons. The van der Waals surface area contributed by atoms with E-state index in [4.69, 9.17) is 4.74 Å². The summed E-state index contributed by atoms with van der Waals surface area (Å²) in [4.78, 5) is 12.1. The fourth-order valence-corrected chi connectivity index (χ4v) is 1.73. The SMILES string of the molecule is CCOc1cc(C)c(C(=O)C(C)NC)cc1C. The summed E-state index contributed by atoms with van der Waals surface area (Å²) in [7, 11) is 1.79. The van der Waals surface area contributed by atoms with Crippen molar-refractivity contribution in [3.05, 3.63) is 28.8 Å². The number of likely N-dealkylation sites (N-methyl/N-ethyl adjacent to an activating group) is 1. The van der Waals surface area contributed by atoms with E-state index in [0.29, 0.717) is 6.61 Å². The van der Waals surface area contributed by atoms with Gasteiger partial charge in [-0.15, -0.1) is 0 Å². The van der Waals surface area contributed by atoms with Gasteiger partial charge in [-0.25, -0.2) is 0 Å². The number of ketones is 1. The number of ether oxygens (including phenoxy) is 1. The Hall–Kier alpha value is -1.35. The molecule has 0 aliphatic heterocycles. The summed E-state index contributed by atoms with van der Waals surface area (Å²) in [6, 6.07) is 3.69. The molecule has 0 aliphatic rings. The summed E-state index contributed by atoms with van der Waals surface area (Å²) in [5.41, 5.74) is 2.74. The molecule has 1 atom stereocenters. The van der Waals surface area contributed by atoms with Gasteiger partial charge in [-0.05, 0) is 58.0 Å². The van der Waals surface area contributed by atoms with E-state index in [1.807, 2.05) is 39.8 Å². The number of Topliss-reactive ketones (excluding diaryl/α,β-unsaturated/α-hetero) is 1. The molecule has 0 saturated carbocycles. The monoisotopic (exact) mass is 235 g/mol. The number of rotatable bonds is 5. The fourth-order valence-electron chi connectivity index (χ4n) is 1.73. The van der Waals surface area contributed by atoms with E-state index < -0.39 is 0 Å². The number of benzene rings is 1. The molecule has 1 aromatic carbocycles. The van der Waals surface area contributed by atoms with Crippen molar-refractivity contribution in [2.45, 2.75) is 33.7 Å². The Morgan fingerprint density at radius 2 is 2.00 bits per heavy atom. The zero-order valence-corrected chi connectivity index (χ0v) is 11.3. The first-order valence-electron chi connectivity index (χ1n) is 5.96. The predicted molar refractivity (Wildman–Crippen MR) is 69.9 cm³/mol. The van der Waals surface area contributed by atoms with Crippen LogP contribution < -0.4 is 10.1 Å². The summed E-state index contributed by atoms with van der Waals surface area (Å²) in [5, 5.41) is 2.97. The standard InChI is InChI=1S/C14H21NO2/c1-6-17-13-8-9(2)12(7-10(13)3)14(16)11(4)15-5/h7-8,11,15H,6H2,1-5H3. The van der Waals surface area contributed by atoms with Gasteiger partial charge < -0.3 is 10.1 Å². The highest BCUT2D eigenvalue weighted by Gasteiger charge is 2.17. The van der Waals surface area contributed by atoms with Gasteiger partial charge in [-0.2, -0.15) is 0 Å². The Balaban J connectivity index is 3.11. The average molecular weight is 235 g/mol. The highest BCUT2D eigenvalue weighted by atomic mass is 16.5. The van der Waals surface area contributed by atoms with Crippen LogP contribution in [0.4, 0.5) is 0 Å². The zero-order valence-electron chi connectivity index (χ0n) is 11.3. The fraction of sp³-hybridized carbons (Fsp3) is 0.500. The largest absolute Gasteiger partial charge is 0.494 e. The molecule has 0 spiro atoms. The average Bonchev–Trinajstić information content (AvgIpc) is 2.31. The van der Waals surface area contributed by atoms with E-state index in [1.54, 1.807) is 7.05 Å². The van der Waals surface area contributed by atoms with Crippen molar-refractivity contribution in [2.75, 3.05) is 13.7 Å². The Labute approximate surface area is 103 Å². The molecule has 1 unspecified atom stereocenters. The molecule has 0 bridgehead atoms. The minimum atomic E-state index is -0.161. The van der Waals surface area contributed by atoms with Gasteiger partial charge in [0.25, 0.3) is 0 Å². The molecule has 1 aromatic rings. The molecule has 3 heteroatoms. The second-order valence-corrected chi connectivity index (χ2v) is 4.24. The van der Waals surface area contributed by atoms with E-state index in [1.165, 1.54) is 0 Å². The molecule has 0 aliphatic carbocycles. The molecule has 0 fully saturated rings. The first-order valence-corrected chi connectivity index (χ1v) is 5.96. The molecular formula is C14H21NO2. The smallest absolute Gasteiger partial charge is 0.179 e. The highest BCUT2D eigenvalue weighted by Crippen LogP contribution is 2.23. The van der Waals surface area contributed by atoms with E-state index in [-0.39, 0.29) is 11.8 Å². The predicted octanol–water partition coefficient (Wildman–Crippen LogP) is 2.49. The molecule has 1 rings (SSSR count). The maximum absolute atomic E-state index is 12.1. The van der Waals surface area contributed by atoms with Crippen LogP contribution in [0.2, 0.25) is 0 Å². The third kappa shape index (κ3) is 3.07. The lowest BCUT2D eigenvalue weighted by Crippen LogP contribution is -2.31. The molecule has 0 heterocycles. The Morgan fingerprint density at radius 3 is 2.53 bits per heavy atom. The van der Waals surface area contributed by atoms with Crippen LogP contribution >= 0.6 is 0 Å². The van der Waals surface area contributed by atoms with Crippen LogP contribution in [-0.2, 0) is 0 Å². The summed E-state index contributed by atoms with van der Waals surface area (Å²) in [6.45, 7) is 8.37. The van der Waals surface area contributed by atoms with Crippen LogP contribution in [0.25, 0.3) is 0 Å². The summed E-state index contributed by atoms with van der Waals surface area (Å²) in [6.07, 6.45) is 0. The van der Waals surface area contributed by atoms with E-state index in [2.05, 4.69) is 5.32 Å². The molecule has 0 radical (unpaired) electrons. The minimum absolute atomic E-state index is 0.121. The van der Waals surface area contributed by atoms with Gasteiger partial charge in [-0.3, -0.25) is 4.79 Å². The first kappa shape index (κ1) is 13.7. The number of hydrogen-bond acceptors (Lipinski definition) is 3. The quantitative estimate of drug-likeness (QED) is 0.797. The van der Waals surface area contributed by atoms with E-state index in [9.17, 15) is 4.79 Å². The highest BCUT2D eigenvalue weighted by molar-refractivity contribution is 6.01. The van der Waals surface area contributed by atoms with Crippen LogP contribution in [0.5, 0.6) is 5.75 Å². The van der Waals surface area contributed by atoms with Gasteiger partial charge in [0.1, 0.15) is 5.75 Å². The lowest BCUT2D eigenvalue weighted by molar-refractivity contribution is 0.0954. The number of hydrogen-bond donors (Lipinski definition) is 1. The Morgan fingerprint density at radius 1 is 1.35 bits per heavy atom. The lowest BCUT2D eigenvalue weighted by Gasteiger charge is -2.14. The van der Waals surface area contributed by atoms with Crippen molar-refractivity contribution < 1.29 is 9.53 Å². The van der Waals surface area contributed by atoms with Gasteiger partial charge in [0.05, 0.1) is 12.6 Å². The van der Waals surface area contributed by atoms with Gasteiger partial charge in [0, 0.05) is 5.56 Å². The van der Waals surface area contributed by atoms with Crippen molar-refractivity contribution in [3.8, 4) is 5.75 Å². The van der Waals surface area contributed by atoms with Crippen molar-refractivity contribution in [1.29, 1.82) is 0 Å². The maximum Gasteiger partial charge on any atom is 0.179 e. The first-order chi connectivity index (χ1) is 8.01. The second-order valence-electron chi connectivity index (χ2n) is 4.24. The summed E-state index contributed by atoms with van der Waals surface area (Å²) >= 11 is 0. The topological polar surface area (TPSA) is 38.3 Å². The Kier molecular flexibility index (Phi) is 4.70. The second kappa shape index (κ2) is 5.82. The van der Waals surface area contributed by atoms with Gasteiger partial charge in [0.15, 0.2) is 5.78 Å². The van der Waals surface area contributed by atoms with Crippen molar-refractivity contribution in [1.82, 2.24) is 5.32 Å². The molecule has 3 nitrogen and oxygen atoms in total. The van der Waals surface area contributed by atoms with Crippen LogP contribution in [0.1, 0.15) is 35.3 Å². The lowest BCUT2D eigenvalue weighted by atomic mass is 9.97. The summed E-state index contributed by atoms with van der Waals surface area (Å²) < 4.78 is 5.51. The van der Waals surface area contributed by atoms with Gasteiger partial charge in [-0.1, -0.05) is 0 Å². The van der Waals surface area contributed by atoms with Crippen molar-refractivity contribution >= 4 is 5.78 Å². The maximum atomic E-state index is 12.1. The molecular weight excluding hydrogens is 214 g/mol. The molecule has 17 heavy (non-hydrogen) atoms. The third-order valence-electron chi connectivity index (χ3n) is 2.91. The van der Waals surface area contributed by atoms with Gasteiger partial charge >= 0.3 is 0 Å². The van der Waals surface area contributed by atoms with Crippen LogP contribution in [0, 0.1) is 13.8 Å². The van der Waals surface area contributed by atoms with Gasteiger partial charge in [0.2, 0.25) is 0 Å². The van der Waals surface area contributed by atoms with Crippen molar-refractivity contribution in [2.24, 2.45) is 0 Å². The minimum Gasteiger partial charge on any atom is -0.494 e. The van der Waals surface area contributed by atoms with Crippen LogP contribution in [0.15, 0.2) is 12.1 Å². The van der Waals surface area contributed by atoms with Crippen LogP contribution in [-0.4, -0.2) is 25.5 Å². The number of aryl methyl sites for hydroxylation is 2. The Bertz CT molecular complexity index is 413.